The molecule has 2 nitrogen and oxygen atoms in total. The number of likely N-dealkylation sites (N-methyl/N-ethyl adjacent to an activating group) is 1. The monoisotopic (exact) mass is 373 g/mol. The van der Waals surface area contributed by atoms with Gasteiger partial charge >= 0.3 is 0 Å². The van der Waals surface area contributed by atoms with E-state index in [4.69, 9.17) is 4.74 Å². The highest BCUT2D eigenvalue weighted by Gasteiger charge is 2.42. The quantitative estimate of drug-likeness (QED) is 0.724. The molecule has 1 fully saturated rings. The van der Waals surface area contributed by atoms with Crippen molar-refractivity contribution in [1.29, 1.82) is 0 Å². The van der Waals surface area contributed by atoms with E-state index in [0.29, 0.717) is 6.04 Å². The first kappa shape index (κ1) is 17.5. The lowest BCUT2D eigenvalue weighted by Gasteiger charge is -2.45. The number of halogens is 1. The summed E-state index contributed by atoms with van der Waals surface area (Å²) >= 11 is 5.52. The Labute approximate surface area is 141 Å². The molecule has 0 radical (unpaired) electrons. The van der Waals surface area contributed by atoms with E-state index >= 15 is 0 Å². The molecular weight excluding hydrogens is 346 g/mol. The number of ether oxygens (including phenoxy) is 1. The minimum absolute atomic E-state index is 0.00581. The average molecular weight is 374 g/mol. The van der Waals surface area contributed by atoms with E-state index in [0.717, 1.165) is 25.5 Å². The summed E-state index contributed by atoms with van der Waals surface area (Å²) in [5, 5.41) is 5.89. The number of hydrogen-bond acceptors (Lipinski definition) is 3. The Balaban J connectivity index is 2.21. The lowest BCUT2D eigenvalue weighted by Crippen LogP contribution is -2.55. The predicted molar refractivity (Wildman–Crippen MR) is 95.2 cm³/mol. The van der Waals surface area contributed by atoms with Gasteiger partial charge < -0.3 is 10.1 Å². The molecule has 120 valence electrons. The van der Waals surface area contributed by atoms with Gasteiger partial charge in [0.1, 0.15) is 0 Å². The highest BCUT2D eigenvalue weighted by atomic mass is 79.9. The highest BCUT2D eigenvalue weighted by Crippen LogP contribution is 2.39. The summed E-state index contributed by atoms with van der Waals surface area (Å²) in [4.78, 5) is 1.43. The Morgan fingerprint density at radius 2 is 2.33 bits per heavy atom. The van der Waals surface area contributed by atoms with Crippen LogP contribution in [0.3, 0.4) is 0 Å². The molecule has 0 spiro atoms. The van der Waals surface area contributed by atoms with Crippen LogP contribution in [0.5, 0.6) is 0 Å². The van der Waals surface area contributed by atoms with Crippen molar-refractivity contribution < 1.29 is 4.74 Å². The summed E-state index contributed by atoms with van der Waals surface area (Å²) in [6.45, 7) is 8.50. The molecule has 1 aromatic rings. The van der Waals surface area contributed by atoms with Crippen LogP contribution in [0.25, 0.3) is 0 Å². The average Bonchev–Trinajstić information content (AvgIpc) is 2.84. The number of nitrogens with one attached hydrogen (secondary N) is 1. The summed E-state index contributed by atoms with van der Waals surface area (Å²) in [6.07, 6.45) is 6.05. The van der Waals surface area contributed by atoms with Crippen LogP contribution < -0.4 is 5.32 Å². The second-order valence-corrected chi connectivity index (χ2v) is 8.06. The molecule has 2 rings (SSSR count). The molecule has 1 aromatic heterocycles. The maximum absolute atomic E-state index is 6.37. The first-order chi connectivity index (χ1) is 10.1. The normalized spacial score (nSPS) is 27.7. The summed E-state index contributed by atoms with van der Waals surface area (Å²) < 4.78 is 7.61. The number of thiophene rings is 1. The SMILES string of the molecule is CCNC(Cc1sccc1Br)C1(OCC)CCCC(C)C1. The van der Waals surface area contributed by atoms with E-state index < -0.39 is 0 Å². The van der Waals surface area contributed by atoms with E-state index in [1.165, 1.54) is 35.0 Å². The van der Waals surface area contributed by atoms with E-state index in [-0.39, 0.29) is 5.60 Å². The van der Waals surface area contributed by atoms with Gasteiger partial charge in [-0.3, -0.25) is 0 Å². The molecule has 1 aliphatic carbocycles. The van der Waals surface area contributed by atoms with Gasteiger partial charge in [0.05, 0.1) is 5.60 Å². The van der Waals surface area contributed by atoms with E-state index in [2.05, 4.69) is 53.5 Å². The topological polar surface area (TPSA) is 21.3 Å². The largest absolute Gasteiger partial charge is 0.374 e. The zero-order chi connectivity index (χ0) is 15.3. The zero-order valence-electron chi connectivity index (χ0n) is 13.5. The van der Waals surface area contributed by atoms with Gasteiger partial charge in [-0.05, 0) is 59.6 Å². The Hall–Kier alpha value is 0.1000. The molecule has 0 aliphatic heterocycles. The van der Waals surface area contributed by atoms with Crippen LogP contribution in [0.1, 0.15) is 51.3 Å². The first-order valence-electron chi connectivity index (χ1n) is 8.20. The summed E-state index contributed by atoms with van der Waals surface area (Å²) in [7, 11) is 0. The van der Waals surface area contributed by atoms with Crippen molar-refractivity contribution in [3.05, 3.63) is 20.8 Å². The molecule has 3 unspecified atom stereocenters. The fraction of sp³-hybridized carbons (Fsp3) is 0.765. The second kappa shape index (κ2) is 8.09. The van der Waals surface area contributed by atoms with Crippen LogP contribution in [0, 0.1) is 5.92 Å². The lowest BCUT2D eigenvalue weighted by atomic mass is 9.73. The van der Waals surface area contributed by atoms with Crippen molar-refractivity contribution in [2.75, 3.05) is 13.2 Å². The molecule has 1 aliphatic rings. The minimum Gasteiger partial charge on any atom is -0.374 e. The summed E-state index contributed by atoms with van der Waals surface area (Å²) in [5.74, 6) is 0.762. The highest BCUT2D eigenvalue weighted by molar-refractivity contribution is 9.10. The third-order valence-corrected chi connectivity index (χ3v) is 6.54. The summed E-state index contributed by atoms with van der Waals surface area (Å²) in [6, 6.07) is 2.56. The van der Waals surface area contributed by atoms with Crippen molar-refractivity contribution in [3.63, 3.8) is 0 Å². The van der Waals surface area contributed by atoms with Crippen LogP contribution in [-0.2, 0) is 11.2 Å². The molecule has 4 heteroatoms. The molecule has 0 saturated heterocycles. The fourth-order valence-corrected chi connectivity index (χ4v) is 5.29. The van der Waals surface area contributed by atoms with E-state index in [1.54, 1.807) is 0 Å². The third-order valence-electron chi connectivity index (χ3n) is 4.59. The molecule has 21 heavy (non-hydrogen) atoms. The van der Waals surface area contributed by atoms with Crippen LogP contribution in [0.4, 0.5) is 0 Å². The van der Waals surface area contributed by atoms with E-state index in [9.17, 15) is 0 Å². The molecule has 0 bridgehead atoms. The Morgan fingerprint density at radius 3 is 2.90 bits per heavy atom. The smallest absolute Gasteiger partial charge is 0.0840 e. The maximum atomic E-state index is 6.37. The molecule has 0 amide bonds. The second-order valence-electron chi connectivity index (χ2n) is 6.21. The van der Waals surface area contributed by atoms with Gasteiger partial charge in [-0.1, -0.05) is 26.7 Å². The maximum Gasteiger partial charge on any atom is 0.0840 e. The zero-order valence-corrected chi connectivity index (χ0v) is 15.9. The van der Waals surface area contributed by atoms with Gasteiger partial charge in [0.25, 0.3) is 0 Å². The van der Waals surface area contributed by atoms with Gasteiger partial charge in [-0.2, -0.15) is 0 Å². The molecule has 3 atom stereocenters. The van der Waals surface area contributed by atoms with Crippen molar-refractivity contribution in [1.82, 2.24) is 5.32 Å². The van der Waals surface area contributed by atoms with Crippen LogP contribution in [-0.4, -0.2) is 24.8 Å². The van der Waals surface area contributed by atoms with Gasteiger partial charge in [-0.15, -0.1) is 11.3 Å². The predicted octanol–water partition coefficient (Wildman–Crippen LogP) is 5.02. The Bertz CT molecular complexity index is 432. The van der Waals surface area contributed by atoms with Gasteiger partial charge in [0, 0.05) is 28.4 Å². The fourth-order valence-electron chi connectivity index (χ4n) is 3.73. The van der Waals surface area contributed by atoms with Crippen molar-refractivity contribution >= 4 is 27.3 Å². The Morgan fingerprint density at radius 1 is 1.52 bits per heavy atom. The van der Waals surface area contributed by atoms with Crippen molar-refractivity contribution in [2.24, 2.45) is 5.92 Å². The third kappa shape index (κ3) is 4.31. The molecule has 1 saturated carbocycles. The first-order valence-corrected chi connectivity index (χ1v) is 9.87. The van der Waals surface area contributed by atoms with Gasteiger partial charge in [0.15, 0.2) is 0 Å². The molecule has 0 aromatic carbocycles. The molecule has 1 heterocycles. The van der Waals surface area contributed by atoms with Crippen LogP contribution >= 0.6 is 27.3 Å². The minimum atomic E-state index is 0.00581. The van der Waals surface area contributed by atoms with E-state index in [1.807, 2.05) is 11.3 Å². The molecule has 1 N–H and O–H groups in total. The number of rotatable bonds is 7. The van der Waals surface area contributed by atoms with Crippen molar-refractivity contribution in [3.8, 4) is 0 Å². The van der Waals surface area contributed by atoms with Crippen LogP contribution in [0.15, 0.2) is 15.9 Å². The Kier molecular flexibility index (Phi) is 6.73. The van der Waals surface area contributed by atoms with Crippen LogP contribution in [0.2, 0.25) is 0 Å². The number of hydrogen-bond donors (Lipinski definition) is 1. The summed E-state index contributed by atoms with van der Waals surface area (Å²) in [5.41, 5.74) is 0.00581. The standard InChI is InChI=1S/C17H28BrNOS/c1-4-19-16(11-15-14(18)8-10-21-15)17(20-5-2)9-6-7-13(3)12-17/h8,10,13,16,19H,4-7,9,11-12H2,1-3H3. The van der Waals surface area contributed by atoms with Crippen molar-refractivity contribution in [2.45, 2.75) is 64.5 Å². The lowest BCUT2D eigenvalue weighted by molar-refractivity contribution is -0.0997. The van der Waals surface area contributed by atoms with Gasteiger partial charge in [-0.25, -0.2) is 0 Å². The molecular formula is C17H28BrNOS. The van der Waals surface area contributed by atoms with Gasteiger partial charge in [0.2, 0.25) is 0 Å².